The van der Waals surface area contributed by atoms with E-state index in [1.807, 2.05) is 38.1 Å². The van der Waals surface area contributed by atoms with Crippen LogP contribution in [0.2, 0.25) is 0 Å². The molecule has 160 valence electrons. The molecule has 0 aliphatic heterocycles. The molecule has 0 aliphatic rings. The third-order valence-electron chi connectivity index (χ3n) is 4.46. The van der Waals surface area contributed by atoms with E-state index >= 15 is 0 Å². The van der Waals surface area contributed by atoms with Crippen LogP contribution >= 0.6 is 0 Å². The molecule has 0 fully saturated rings. The first-order chi connectivity index (χ1) is 14.8. The van der Waals surface area contributed by atoms with Crippen molar-refractivity contribution in [1.29, 1.82) is 0 Å². The van der Waals surface area contributed by atoms with Crippen molar-refractivity contribution < 1.29 is 17.6 Å². The molecular weight excluding hydrogens is 417 g/mol. The number of hydrogen-bond acceptors (Lipinski definition) is 4. The highest BCUT2D eigenvalue weighted by atomic mass is 32.2. The van der Waals surface area contributed by atoms with Crippen LogP contribution in [0.15, 0.2) is 82.8 Å². The number of sulfonamides is 1. The number of hydrogen-bond donors (Lipinski definition) is 1. The molecule has 0 saturated carbocycles. The van der Waals surface area contributed by atoms with Crippen molar-refractivity contribution in [2.24, 2.45) is 5.10 Å². The second-order valence-corrected chi connectivity index (χ2v) is 8.85. The van der Waals surface area contributed by atoms with E-state index in [1.165, 1.54) is 36.5 Å². The van der Waals surface area contributed by atoms with Crippen molar-refractivity contribution >= 4 is 27.8 Å². The molecule has 3 rings (SSSR count). The molecule has 0 unspecified atom stereocenters. The first-order valence-corrected chi connectivity index (χ1v) is 10.9. The van der Waals surface area contributed by atoms with Gasteiger partial charge in [0.15, 0.2) is 0 Å². The fourth-order valence-corrected chi connectivity index (χ4v) is 4.31. The molecule has 8 heteroatoms. The van der Waals surface area contributed by atoms with Gasteiger partial charge in [-0.15, -0.1) is 0 Å². The Labute approximate surface area is 181 Å². The zero-order valence-corrected chi connectivity index (χ0v) is 17.9. The van der Waals surface area contributed by atoms with Crippen LogP contribution in [-0.2, 0) is 14.8 Å². The molecule has 0 spiro atoms. The summed E-state index contributed by atoms with van der Waals surface area (Å²) in [4.78, 5) is 12.4. The number of carbonyl (C=O) groups excluding carboxylic acids is 1. The minimum Gasteiger partial charge on any atom is -0.271 e. The molecule has 1 N–H and O–H groups in total. The maximum Gasteiger partial charge on any atom is 0.264 e. The van der Waals surface area contributed by atoms with E-state index in [4.69, 9.17) is 0 Å². The van der Waals surface area contributed by atoms with Crippen LogP contribution in [0.25, 0.3) is 0 Å². The molecule has 0 bridgehead atoms. The van der Waals surface area contributed by atoms with Gasteiger partial charge in [0.05, 0.1) is 16.8 Å². The highest BCUT2D eigenvalue weighted by Gasteiger charge is 2.29. The van der Waals surface area contributed by atoms with Crippen molar-refractivity contribution in [3.05, 3.63) is 95.3 Å². The minimum absolute atomic E-state index is 0.0441. The van der Waals surface area contributed by atoms with Crippen LogP contribution in [0, 0.1) is 19.7 Å². The Kier molecular flexibility index (Phi) is 6.81. The van der Waals surface area contributed by atoms with Gasteiger partial charge in [0.25, 0.3) is 15.9 Å². The molecule has 0 saturated heterocycles. The van der Waals surface area contributed by atoms with E-state index in [-0.39, 0.29) is 10.6 Å². The molecule has 0 aromatic heterocycles. The van der Waals surface area contributed by atoms with Gasteiger partial charge < -0.3 is 0 Å². The number of nitrogens with one attached hydrogen (secondary N) is 1. The van der Waals surface area contributed by atoms with Gasteiger partial charge in [-0.1, -0.05) is 59.7 Å². The summed E-state index contributed by atoms with van der Waals surface area (Å²) in [5.41, 5.74) is 4.77. The third-order valence-corrected chi connectivity index (χ3v) is 6.24. The van der Waals surface area contributed by atoms with E-state index in [2.05, 4.69) is 10.5 Å². The van der Waals surface area contributed by atoms with Gasteiger partial charge in [-0.05, 0) is 43.7 Å². The number of halogens is 1. The normalized spacial score (nSPS) is 11.5. The Balaban J connectivity index is 1.86. The lowest BCUT2D eigenvalue weighted by Gasteiger charge is -2.24. The van der Waals surface area contributed by atoms with Gasteiger partial charge in [0, 0.05) is 0 Å². The van der Waals surface area contributed by atoms with Crippen molar-refractivity contribution in [3.8, 4) is 0 Å². The predicted octanol–water partition coefficient (Wildman–Crippen LogP) is 3.79. The molecule has 0 heterocycles. The van der Waals surface area contributed by atoms with Gasteiger partial charge in [-0.3, -0.25) is 9.10 Å². The number of hydrazone groups is 1. The molecule has 0 aliphatic carbocycles. The Morgan fingerprint density at radius 2 is 1.71 bits per heavy atom. The van der Waals surface area contributed by atoms with Crippen LogP contribution in [0.5, 0.6) is 0 Å². The van der Waals surface area contributed by atoms with Crippen molar-refractivity contribution in [3.63, 3.8) is 0 Å². The topological polar surface area (TPSA) is 78.8 Å². The second-order valence-electron chi connectivity index (χ2n) is 6.98. The molecule has 6 nitrogen and oxygen atoms in total. The molecule has 31 heavy (non-hydrogen) atoms. The van der Waals surface area contributed by atoms with Gasteiger partial charge >= 0.3 is 0 Å². The fraction of sp³-hybridized carbons (Fsp3) is 0.130. The number of anilines is 1. The lowest BCUT2D eigenvalue weighted by atomic mass is 10.2. The number of rotatable bonds is 7. The summed E-state index contributed by atoms with van der Waals surface area (Å²) in [6.45, 7) is 3.12. The maximum absolute atomic E-state index is 14.4. The van der Waals surface area contributed by atoms with Gasteiger partial charge in [0.2, 0.25) is 0 Å². The average Bonchev–Trinajstić information content (AvgIpc) is 2.73. The molecule has 0 radical (unpaired) electrons. The van der Waals surface area contributed by atoms with Gasteiger partial charge in [0.1, 0.15) is 12.4 Å². The number of aryl methyl sites for hydroxylation is 2. The largest absolute Gasteiger partial charge is 0.271 e. The van der Waals surface area contributed by atoms with Gasteiger partial charge in [-0.2, -0.15) is 5.10 Å². The summed E-state index contributed by atoms with van der Waals surface area (Å²) in [7, 11) is -4.19. The van der Waals surface area contributed by atoms with Crippen LogP contribution < -0.4 is 9.73 Å². The average molecular weight is 440 g/mol. The Morgan fingerprint density at radius 3 is 2.39 bits per heavy atom. The molecule has 0 atom stereocenters. The number of nitrogens with zero attached hydrogens (tertiary/aromatic N) is 2. The number of para-hydroxylation sites is 1. The first kappa shape index (κ1) is 22.2. The summed E-state index contributed by atoms with van der Waals surface area (Å²) in [6, 6.07) is 19.0. The van der Waals surface area contributed by atoms with E-state index in [0.29, 0.717) is 0 Å². The Hall–Kier alpha value is -3.52. The Bertz CT molecular complexity index is 1210. The van der Waals surface area contributed by atoms with Crippen LogP contribution in [0.3, 0.4) is 0 Å². The van der Waals surface area contributed by atoms with E-state index < -0.39 is 28.3 Å². The van der Waals surface area contributed by atoms with Crippen LogP contribution in [0.1, 0.15) is 16.7 Å². The van der Waals surface area contributed by atoms with E-state index in [1.54, 1.807) is 12.1 Å². The monoisotopic (exact) mass is 439 g/mol. The first-order valence-electron chi connectivity index (χ1n) is 9.50. The number of benzene rings is 3. The van der Waals surface area contributed by atoms with E-state index in [9.17, 15) is 17.6 Å². The Morgan fingerprint density at radius 1 is 1.00 bits per heavy atom. The lowest BCUT2D eigenvalue weighted by molar-refractivity contribution is -0.119. The molecular formula is C23H22FN3O3S. The minimum atomic E-state index is -4.19. The zero-order chi connectivity index (χ0) is 22.4. The summed E-state index contributed by atoms with van der Waals surface area (Å²) in [5.74, 6) is -1.46. The van der Waals surface area contributed by atoms with Gasteiger partial charge in [-0.25, -0.2) is 18.2 Å². The predicted molar refractivity (Wildman–Crippen MR) is 119 cm³/mol. The summed E-state index contributed by atoms with van der Waals surface area (Å²) >= 11 is 0. The van der Waals surface area contributed by atoms with Crippen molar-refractivity contribution in [2.75, 3.05) is 10.8 Å². The standard InChI is InChI=1S/C23H22FN3O3S/c1-17-10-12-20(13-11-17)31(29,30)27(22-9-4-3-8-21(22)24)16-23(28)26-25-15-19-7-5-6-18(2)14-19/h3-15H,16H2,1-2H3,(H,26,28). The van der Waals surface area contributed by atoms with Crippen LogP contribution in [0.4, 0.5) is 10.1 Å². The van der Waals surface area contributed by atoms with E-state index in [0.717, 1.165) is 27.1 Å². The molecule has 3 aromatic rings. The quantitative estimate of drug-likeness (QED) is 0.449. The summed E-state index contributed by atoms with van der Waals surface area (Å²) in [6.07, 6.45) is 1.45. The zero-order valence-electron chi connectivity index (χ0n) is 17.1. The van der Waals surface area contributed by atoms with Crippen molar-refractivity contribution in [2.45, 2.75) is 18.7 Å². The van der Waals surface area contributed by atoms with Crippen LogP contribution in [-0.4, -0.2) is 27.1 Å². The lowest BCUT2D eigenvalue weighted by Crippen LogP contribution is -2.40. The number of carbonyl (C=O) groups is 1. The SMILES string of the molecule is Cc1ccc(S(=O)(=O)N(CC(=O)NN=Cc2cccc(C)c2)c2ccccc2F)cc1. The second kappa shape index (κ2) is 9.53. The summed E-state index contributed by atoms with van der Waals surface area (Å²) in [5, 5.41) is 3.88. The highest BCUT2D eigenvalue weighted by molar-refractivity contribution is 7.92. The molecule has 1 amide bonds. The fourth-order valence-electron chi connectivity index (χ4n) is 2.89. The van der Waals surface area contributed by atoms with Crippen molar-refractivity contribution in [1.82, 2.24) is 5.43 Å². The summed E-state index contributed by atoms with van der Waals surface area (Å²) < 4.78 is 41.6. The number of amides is 1. The molecule has 3 aromatic carbocycles. The third kappa shape index (κ3) is 5.55. The maximum atomic E-state index is 14.4. The smallest absolute Gasteiger partial charge is 0.264 e. The highest BCUT2D eigenvalue weighted by Crippen LogP contribution is 2.26.